The molecule has 18 heavy (non-hydrogen) atoms. The first kappa shape index (κ1) is 13.0. The van der Waals surface area contributed by atoms with Crippen molar-refractivity contribution in [3.05, 3.63) is 30.1 Å². The molecule has 1 aromatic heterocycles. The Morgan fingerprint density at radius 1 is 1.39 bits per heavy atom. The fourth-order valence-electron chi connectivity index (χ4n) is 2.70. The summed E-state index contributed by atoms with van der Waals surface area (Å²) in [4.78, 5) is 20.8. The van der Waals surface area contributed by atoms with Crippen molar-refractivity contribution in [3.8, 4) is 0 Å². The molecule has 0 atom stereocenters. The Morgan fingerprint density at radius 2 is 2.06 bits per heavy atom. The summed E-state index contributed by atoms with van der Waals surface area (Å²) >= 11 is 0. The van der Waals surface area contributed by atoms with Gasteiger partial charge in [-0.05, 0) is 44.6 Å². The average molecular weight is 247 g/mol. The lowest BCUT2D eigenvalue weighted by Gasteiger charge is -2.41. The first-order valence-corrected chi connectivity index (χ1v) is 6.37. The monoisotopic (exact) mass is 247 g/mol. The zero-order chi connectivity index (χ0) is 13.2. The van der Waals surface area contributed by atoms with E-state index in [9.17, 15) is 4.79 Å². The maximum Gasteiger partial charge on any atom is 0.232 e. The molecular weight excluding hydrogens is 226 g/mol. The average Bonchev–Trinajstić information content (AvgIpc) is 2.40. The van der Waals surface area contributed by atoms with Crippen molar-refractivity contribution in [2.45, 2.75) is 18.3 Å². The molecule has 0 radical (unpaired) electrons. The number of carbonyl (C=O) groups excluding carboxylic acids is 1. The molecule has 1 saturated heterocycles. The molecule has 2 rings (SSSR count). The van der Waals surface area contributed by atoms with Crippen molar-refractivity contribution in [3.63, 3.8) is 0 Å². The van der Waals surface area contributed by atoms with Crippen LogP contribution in [0.5, 0.6) is 0 Å². The first-order valence-electron chi connectivity index (χ1n) is 6.37. The van der Waals surface area contributed by atoms with E-state index in [2.05, 4.69) is 16.9 Å². The van der Waals surface area contributed by atoms with Gasteiger partial charge in [0.1, 0.15) is 0 Å². The molecule has 0 saturated carbocycles. The minimum atomic E-state index is -0.385. The molecule has 0 bridgehead atoms. The van der Waals surface area contributed by atoms with Crippen LogP contribution in [0, 0.1) is 0 Å². The van der Waals surface area contributed by atoms with Gasteiger partial charge >= 0.3 is 0 Å². The van der Waals surface area contributed by atoms with E-state index in [4.69, 9.17) is 0 Å². The number of carbonyl (C=O) groups is 1. The summed E-state index contributed by atoms with van der Waals surface area (Å²) in [5.74, 6) is 0.198. The van der Waals surface area contributed by atoms with Gasteiger partial charge in [0, 0.05) is 26.5 Å². The van der Waals surface area contributed by atoms with E-state index >= 15 is 0 Å². The van der Waals surface area contributed by atoms with Crippen LogP contribution in [0.1, 0.15) is 18.4 Å². The molecule has 4 heteroatoms. The normalized spacial score (nSPS) is 19.5. The van der Waals surface area contributed by atoms with E-state index in [1.807, 2.05) is 32.4 Å². The molecule has 1 fully saturated rings. The van der Waals surface area contributed by atoms with Crippen LogP contribution in [0.15, 0.2) is 24.5 Å². The van der Waals surface area contributed by atoms with E-state index in [1.165, 1.54) is 0 Å². The largest absolute Gasteiger partial charge is 0.348 e. The molecule has 4 nitrogen and oxygen atoms in total. The molecule has 2 heterocycles. The molecular formula is C14H21N3O. The van der Waals surface area contributed by atoms with Crippen LogP contribution >= 0.6 is 0 Å². The summed E-state index contributed by atoms with van der Waals surface area (Å²) in [5.41, 5.74) is 0.668. The minimum Gasteiger partial charge on any atom is -0.348 e. The third-order valence-electron chi connectivity index (χ3n) is 3.87. The fraction of sp³-hybridized carbons (Fsp3) is 0.571. The van der Waals surface area contributed by atoms with Gasteiger partial charge in [-0.15, -0.1) is 0 Å². The van der Waals surface area contributed by atoms with Crippen LogP contribution in [0.2, 0.25) is 0 Å². The Hall–Kier alpha value is -1.42. The second kappa shape index (κ2) is 5.06. The molecule has 0 spiro atoms. The Balaban J connectivity index is 2.38. The van der Waals surface area contributed by atoms with E-state index in [1.54, 1.807) is 11.1 Å². The molecule has 0 N–H and O–H groups in total. The van der Waals surface area contributed by atoms with Crippen LogP contribution in [-0.4, -0.2) is 54.9 Å². The van der Waals surface area contributed by atoms with Crippen molar-refractivity contribution in [1.29, 1.82) is 0 Å². The van der Waals surface area contributed by atoms with Crippen LogP contribution in [0.4, 0.5) is 0 Å². The summed E-state index contributed by atoms with van der Waals surface area (Å²) < 4.78 is 0. The van der Waals surface area contributed by atoms with Gasteiger partial charge in [-0.3, -0.25) is 9.78 Å². The fourth-order valence-corrected chi connectivity index (χ4v) is 2.70. The Kier molecular flexibility index (Phi) is 3.66. The number of likely N-dealkylation sites (tertiary alicyclic amines) is 1. The van der Waals surface area contributed by atoms with E-state index < -0.39 is 0 Å². The Bertz CT molecular complexity index is 408. The topological polar surface area (TPSA) is 36.4 Å². The summed E-state index contributed by atoms with van der Waals surface area (Å²) in [6, 6.07) is 3.94. The highest BCUT2D eigenvalue weighted by Gasteiger charge is 2.43. The number of hydrogen-bond acceptors (Lipinski definition) is 3. The number of pyridine rings is 1. The quantitative estimate of drug-likeness (QED) is 0.786. The van der Waals surface area contributed by atoms with Crippen molar-refractivity contribution >= 4 is 5.91 Å². The van der Waals surface area contributed by atoms with Gasteiger partial charge in [-0.1, -0.05) is 6.07 Å². The van der Waals surface area contributed by atoms with Gasteiger partial charge in [0.05, 0.1) is 5.41 Å². The zero-order valence-corrected chi connectivity index (χ0v) is 11.4. The number of likely N-dealkylation sites (N-methyl/N-ethyl adjacent to an activating group) is 1. The third-order valence-corrected chi connectivity index (χ3v) is 3.87. The second-order valence-electron chi connectivity index (χ2n) is 5.33. The van der Waals surface area contributed by atoms with E-state index in [0.717, 1.165) is 31.5 Å². The van der Waals surface area contributed by atoms with Crippen molar-refractivity contribution in [1.82, 2.24) is 14.8 Å². The zero-order valence-electron chi connectivity index (χ0n) is 11.4. The maximum atomic E-state index is 12.6. The van der Waals surface area contributed by atoms with Crippen LogP contribution < -0.4 is 0 Å². The molecule has 1 aromatic rings. The lowest BCUT2D eigenvalue weighted by atomic mass is 9.72. The molecule has 98 valence electrons. The van der Waals surface area contributed by atoms with Crippen molar-refractivity contribution < 1.29 is 4.79 Å². The highest BCUT2D eigenvalue weighted by atomic mass is 16.2. The Labute approximate surface area is 109 Å². The summed E-state index contributed by atoms with van der Waals surface area (Å²) in [6.45, 7) is 1.91. The standard InChI is InChI=1S/C14H21N3O/c1-16(2)13(18)14(6-9-17(3)10-7-14)12-5-4-8-15-11-12/h4-5,8,11H,6-7,9-10H2,1-3H3. The molecule has 0 aromatic carbocycles. The number of nitrogens with zero attached hydrogens (tertiary/aromatic N) is 3. The highest BCUT2D eigenvalue weighted by Crippen LogP contribution is 2.36. The van der Waals surface area contributed by atoms with Gasteiger partial charge in [0.15, 0.2) is 0 Å². The number of rotatable bonds is 2. The van der Waals surface area contributed by atoms with Crippen molar-refractivity contribution in [2.24, 2.45) is 0 Å². The van der Waals surface area contributed by atoms with Gasteiger partial charge in [-0.25, -0.2) is 0 Å². The summed E-state index contributed by atoms with van der Waals surface area (Å²) in [7, 11) is 5.77. The molecule has 1 aliphatic heterocycles. The number of amides is 1. The van der Waals surface area contributed by atoms with Crippen LogP contribution in [0.25, 0.3) is 0 Å². The lowest BCUT2D eigenvalue weighted by Crippen LogP contribution is -2.50. The molecule has 1 amide bonds. The molecule has 1 aliphatic rings. The molecule has 0 aliphatic carbocycles. The van der Waals surface area contributed by atoms with Crippen LogP contribution in [0.3, 0.4) is 0 Å². The lowest BCUT2D eigenvalue weighted by molar-refractivity contribution is -0.136. The smallest absolute Gasteiger partial charge is 0.232 e. The maximum absolute atomic E-state index is 12.6. The number of hydrogen-bond donors (Lipinski definition) is 0. The van der Waals surface area contributed by atoms with Gasteiger partial charge in [0.25, 0.3) is 0 Å². The minimum absolute atomic E-state index is 0.198. The predicted octanol–water partition coefficient (Wildman–Crippen LogP) is 1.13. The van der Waals surface area contributed by atoms with E-state index in [-0.39, 0.29) is 11.3 Å². The SMILES string of the molecule is CN1CCC(C(=O)N(C)C)(c2cccnc2)CC1. The Morgan fingerprint density at radius 3 is 2.56 bits per heavy atom. The summed E-state index contributed by atoms with van der Waals surface area (Å²) in [5, 5.41) is 0. The van der Waals surface area contributed by atoms with Crippen LogP contribution in [-0.2, 0) is 10.2 Å². The number of piperidine rings is 1. The van der Waals surface area contributed by atoms with Gasteiger partial charge < -0.3 is 9.80 Å². The van der Waals surface area contributed by atoms with Crippen molar-refractivity contribution in [2.75, 3.05) is 34.2 Å². The van der Waals surface area contributed by atoms with Gasteiger partial charge in [0.2, 0.25) is 5.91 Å². The number of aromatic nitrogens is 1. The summed E-state index contributed by atoms with van der Waals surface area (Å²) in [6.07, 6.45) is 5.33. The first-order chi connectivity index (χ1) is 8.56. The van der Waals surface area contributed by atoms with Gasteiger partial charge in [-0.2, -0.15) is 0 Å². The second-order valence-corrected chi connectivity index (χ2v) is 5.33. The predicted molar refractivity (Wildman–Crippen MR) is 71.3 cm³/mol. The van der Waals surface area contributed by atoms with E-state index in [0.29, 0.717) is 0 Å². The third kappa shape index (κ3) is 2.25. The highest BCUT2D eigenvalue weighted by molar-refractivity contribution is 5.88. The molecule has 0 unspecified atom stereocenters.